The highest BCUT2D eigenvalue weighted by atomic mass is 31.2. The van der Waals surface area contributed by atoms with Crippen LogP contribution in [0.25, 0.3) is 21.5 Å². The fourth-order valence-corrected chi connectivity index (χ4v) is 10.6. The Balaban J connectivity index is 1.91. The molecule has 180 valence electrons. The van der Waals surface area contributed by atoms with E-state index in [-0.39, 0.29) is 0 Å². The molecule has 0 saturated carbocycles. The third kappa shape index (κ3) is 3.82. The molecular formula is C35H30OP+. The second-order valence-electron chi connectivity index (χ2n) is 9.69. The van der Waals surface area contributed by atoms with Gasteiger partial charge in [-0.05, 0) is 83.6 Å². The average molecular weight is 498 g/mol. The van der Waals surface area contributed by atoms with Gasteiger partial charge in [0.15, 0.2) is 11.1 Å². The summed E-state index contributed by atoms with van der Waals surface area (Å²) < 4.78 is 6.10. The molecule has 0 aliphatic carbocycles. The molecule has 6 aromatic carbocycles. The third-order valence-electron chi connectivity index (χ3n) is 7.29. The zero-order valence-corrected chi connectivity index (χ0v) is 22.4. The van der Waals surface area contributed by atoms with Crippen molar-refractivity contribution in [3.05, 3.63) is 139 Å². The molecule has 1 atom stereocenters. The van der Waals surface area contributed by atoms with Gasteiger partial charge in [-0.1, -0.05) is 84.9 Å². The van der Waals surface area contributed by atoms with Crippen LogP contribution in [0, 0.1) is 13.8 Å². The van der Waals surface area contributed by atoms with E-state index in [9.17, 15) is 0 Å². The number of rotatable bonds is 5. The van der Waals surface area contributed by atoms with E-state index < -0.39 is 7.26 Å². The lowest BCUT2D eigenvalue weighted by Gasteiger charge is -2.30. The van der Waals surface area contributed by atoms with E-state index in [1.165, 1.54) is 53.9 Å². The van der Waals surface area contributed by atoms with Crippen molar-refractivity contribution in [3.8, 4) is 5.75 Å². The van der Waals surface area contributed by atoms with Gasteiger partial charge in [-0.25, -0.2) is 0 Å². The van der Waals surface area contributed by atoms with E-state index in [1.54, 1.807) is 7.11 Å². The minimum absolute atomic E-state index is 0.927. The van der Waals surface area contributed by atoms with Gasteiger partial charge in [0, 0.05) is 5.39 Å². The number of methoxy groups -OCH3 is 1. The van der Waals surface area contributed by atoms with Crippen LogP contribution < -0.4 is 26.0 Å². The van der Waals surface area contributed by atoms with E-state index in [4.69, 9.17) is 4.74 Å². The predicted octanol–water partition coefficient (Wildman–Crippen LogP) is 7.24. The molecule has 2 heteroatoms. The van der Waals surface area contributed by atoms with Gasteiger partial charge in [-0.15, -0.1) is 0 Å². The predicted molar refractivity (Wildman–Crippen MR) is 162 cm³/mol. The molecule has 6 rings (SSSR count). The minimum Gasteiger partial charge on any atom is -0.493 e. The molecule has 0 heterocycles. The maximum Gasteiger partial charge on any atom is 0.162 e. The fourth-order valence-electron chi connectivity index (χ4n) is 5.85. The molecule has 0 aliphatic heterocycles. The molecule has 0 saturated heterocycles. The van der Waals surface area contributed by atoms with Crippen molar-refractivity contribution in [3.63, 3.8) is 0 Å². The Hall–Kier alpha value is -3.93. The summed E-state index contributed by atoms with van der Waals surface area (Å²) in [5, 5.41) is 10.4. The average Bonchev–Trinajstić information content (AvgIpc) is 2.94. The second kappa shape index (κ2) is 9.51. The van der Waals surface area contributed by atoms with E-state index in [1.807, 2.05) is 0 Å². The molecule has 1 nitrogen and oxygen atoms in total. The number of fused-ring (bicyclic) bond motifs is 3. The number of benzene rings is 6. The van der Waals surface area contributed by atoms with Crippen LogP contribution in [0.4, 0.5) is 0 Å². The van der Waals surface area contributed by atoms with Crippen LogP contribution in [0.3, 0.4) is 0 Å². The summed E-state index contributed by atoms with van der Waals surface area (Å²) in [5.41, 5.74) is 2.55. The van der Waals surface area contributed by atoms with Crippen LogP contribution in [0.5, 0.6) is 5.75 Å². The Bertz CT molecular complexity index is 1720. The van der Waals surface area contributed by atoms with E-state index in [0.717, 1.165) is 5.75 Å². The summed E-state index contributed by atoms with van der Waals surface area (Å²) in [4.78, 5) is 0. The highest BCUT2D eigenvalue weighted by Gasteiger charge is 2.51. The topological polar surface area (TPSA) is 9.23 Å². The first-order chi connectivity index (χ1) is 18.1. The van der Waals surface area contributed by atoms with Crippen molar-refractivity contribution in [2.24, 2.45) is 0 Å². The van der Waals surface area contributed by atoms with Crippen molar-refractivity contribution in [1.82, 2.24) is 0 Å². The van der Waals surface area contributed by atoms with Gasteiger partial charge in [0.2, 0.25) is 0 Å². The molecule has 37 heavy (non-hydrogen) atoms. The van der Waals surface area contributed by atoms with E-state index >= 15 is 0 Å². The zero-order valence-electron chi connectivity index (χ0n) is 21.5. The van der Waals surface area contributed by atoms with Crippen molar-refractivity contribution in [2.75, 3.05) is 7.11 Å². The zero-order chi connectivity index (χ0) is 25.4. The molecule has 0 bridgehead atoms. The van der Waals surface area contributed by atoms with Gasteiger partial charge in [-0.3, -0.25) is 0 Å². The number of hydrogen-bond donors (Lipinski definition) is 0. The number of ether oxygens (including phenoxy) is 1. The Morgan fingerprint density at radius 2 is 1.08 bits per heavy atom. The molecular weight excluding hydrogens is 467 g/mol. The van der Waals surface area contributed by atoms with Crippen molar-refractivity contribution in [2.45, 2.75) is 13.8 Å². The third-order valence-corrected chi connectivity index (χ3v) is 11.6. The molecule has 0 amide bonds. The van der Waals surface area contributed by atoms with Crippen molar-refractivity contribution < 1.29 is 4.74 Å². The summed E-state index contributed by atoms with van der Waals surface area (Å²) in [6.45, 7) is 4.41. The van der Waals surface area contributed by atoms with Crippen LogP contribution in [-0.2, 0) is 0 Å². The highest BCUT2D eigenvalue weighted by molar-refractivity contribution is 8.02. The summed E-state index contributed by atoms with van der Waals surface area (Å²) >= 11 is 0. The summed E-state index contributed by atoms with van der Waals surface area (Å²) in [7, 11) is -0.598. The molecule has 0 fully saturated rings. The lowest BCUT2D eigenvalue weighted by Crippen LogP contribution is -2.39. The number of aryl methyl sites for hydroxylation is 2. The molecule has 0 N–H and O–H groups in total. The van der Waals surface area contributed by atoms with E-state index in [0.29, 0.717) is 0 Å². The maximum atomic E-state index is 6.10. The maximum absolute atomic E-state index is 6.10. The molecule has 1 unspecified atom stereocenters. The van der Waals surface area contributed by atoms with Crippen LogP contribution in [0.2, 0.25) is 0 Å². The lowest BCUT2D eigenvalue weighted by molar-refractivity contribution is 0.418. The molecule has 0 aromatic heterocycles. The highest BCUT2D eigenvalue weighted by Crippen LogP contribution is 2.58. The van der Waals surface area contributed by atoms with Crippen LogP contribution >= 0.6 is 7.26 Å². The molecule has 0 radical (unpaired) electrons. The molecule has 0 aliphatic rings. The van der Waals surface area contributed by atoms with Gasteiger partial charge in [0.25, 0.3) is 0 Å². The normalized spacial score (nSPS) is 12.9. The smallest absolute Gasteiger partial charge is 0.162 e. The number of para-hydroxylation sites is 1. The lowest BCUT2D eigenvalue weighted by atomic mass is 10.0. The quantitative estimate of drug-likeness (QED) is 0.180. The van der Waals surface area contributed by atoms with Crippen molar-refractivity contribution >= 4 is 50.0 Å². The van der Waals surface area contributed by atoms with Crippen LogP contribution in [0.1, 0.15) is 11.1 Å². The standard InChI is InChI=1S/C35H30OP/c1-25-21-26(2)23-29(22-25)37(28-14-5-4-6-15-28,34-20-12-11-19-33(34)36-3)35-24-27-13-7-8-16-30(27)31-17-9-10-18-32(31)35/h4-24H,1-3H3/q+1. The Labute approximate surface area is 219 Å². The first kappa shape index (κ1) is 23.5. The Morgan fingerprint density at radius 1 is 0.486 bits per heavy atom. The minimum atomic E-state index is -2.39. The monoisotopic (exact) mass is 497 g/mol. The van der Waals surface area contributed by atoms with Crippen LogP contribution in [0.15, 0.2) is 127 Å². The van der Waals surface area contributed by atoms with E-state index in [2.05, 4.69) is 141 Å². The SMILES string of the molecule is COc1ccccc1[P+](c1ccccc1)(c1cc(C)cc(C)c1)c1cc2ccccc2c2ccccc12. The molecule has 6 aromatic rings. The van der Waals surface area contributed by atoms with Gasteiger partial charge in [0.05, 0.1) is 7.11 Å². The summed E-state index contributed by atoms with van der Waals surface area (Å²) in [6, 6.07) is 46.8. The Kier molecular flexibility index (Phi) is 6.03. The van der Waals surface area contributed by atoms with Crippen molar-refractivity contribution in [1.29, 1.82) is 0 Å². The van der Waals surface area contributed by atoms with Crippen LogP contribution in [-0.4, -0.2) is 7.11 Å². The summed E-state index contributed by atoms with van der Waals surface area (Å²) in [6.07, 6.45) is 0. The van der Waals surface area contributed by atoms with Gasteiger partial charge in [0.1, 0.15) is 23.2 Å². The Morgan fingerprint density at radius 3 is 1.81 bits per heavy atom. The van der Waals surface area contributed by atoms with Gasteiger partial charge in [-0.2, -0.15) is 0 Å². The molecule has 0 spiro atoms. The first-order valence-corrected chi connectivity index (χ1v) is 14.5. The summed E-state index contributed by atoms with van der Waals surface area (Å²) in [5.74, 6) is 0.927. The fraction of sp³-hybridized carbons (Fsp3) is 0.0857. The first-order valence-electron chi connectivity index (χ1n) is 12.7. The second-order valence-corrected chi connectivity index (χ2v) is 13.0. The van der Waals surface area contributed by atoms with Gasteiger partial charge < -0.3 is 4.74 Å². The largest absolute Gasteiger partial charge is 0.493 e. The van der Waals surface area contributed by atoms with Gasteiger partial charge >= 0.3 is 0 Å². The number of hydrogen-bond acceptors (Lipinski definition) is 1.